The first kappa shape index (κ1) is 18.0. The van der Waals surface area contributed by atoms with Crippen molar-refractivity contribution in [1.82, 2.24) is 14.3 Å². The molecule has 1 saturated heterocycles. The van der Waals surface area contributed by atoms with E-state index in [0.717, 1.165) is 30.9 Å². The summed E-state index contributed by atoms with van der Waals surface area (Å²) in [6, 6.07) is 9.73. The maximum Gasteiger partial charge on any atom is 0.274 e. The molecule has 0 aliphatic carbocycles. The van der Waals surface area contributed by atoms with Gasteiger partial charge in [-0.05, 0) is 42.3 Å². The summed E-state index contributed by atoms with van der Waals surface area (Å²) in [5.41, 5.74) is 4.35. The van der Waals surface area contributed by atoms with Crippen LogP contribution in [0.3, 0.4) is 0 Å². The highest BCUT2D eigenvalue weighted by atomic mass is 35.5. The van der Waals surface area contributed by atoms with Crippen LogP contribution < -0.4 is 10.2 Å². The number of aryl methyl sites for hydroxylation is 1. The zero-order chi connectivity index (χ0) is 20.0. The molecule has 2 aliphatic heterocycles. The SMILES string of the molecule is O=C1CCc2cc(N3CCN(C(=O)c4cn5cc(Cl)ccc5n4)CC3)ccc2N1. The summed E-state index contributed by atoms with van der Waals surface area (Å²) >= 11 is 6.01. The van der Waals surface area contributed by atoms with Gasteiger partial charge in [0.15, 0.2) is 0 Å². The summed E-state index contributed by atoms with van der Waals surface area (Å²) in [5.74, 6) is 0.0178. The molecule has 148 valence electrons. The molecule has 0 bridgehead atoms. The van der Waals surface area contributed by atoms with Crippen molar-refractivity contribution in [3.63, 3.8) is 0 Å². The highest BCUT2D eigenvalue weighted by molar-refractivity contribution is 6.30. The van der Waals surface area contributed by atoms with Crippen molar-refractivity contribution in [3.05, 3.63) is 59.0 Å². The van der Waals surface area contributed by atoms with Crippen LogP contribution in [0.2, 0.25) is 5.02 Å². The summed E-state index contributed by atoms with van der Waals surface area (Å²) in [6.07, 6.45) is 4.78. The standard InChI is InChI=1S/C21H20ClN5O2/c22-15-2-5-19-23-18(13-27(19)12-15)21(29)26-9-7-25(8-10-26)16-3-4-17-14(11-16)1-6-20(28)24-17/h2-5,11-13H,1,6-10H2,(H,24,28). The molecule has 7 nitrogen and oxygen atoms in total. The lowest BCUT2D eigenvalue weighted by atomic mass is 10.0. The van der Waals surface area contributed by atoms with Gasteiger partial charge in [-0.1, -0.05) is 11.6 Å². The fourth-order valence-electron chi connectivity index (χ4n) is 3.96. The molecule has 2 aromatic heterocycles. The molecule has 5 rings (SSSR count). The van der Waals surface area contributed by atoms with Gasteiger partial charge >= 0.3 is 0 Å². The van der Waals surface area contributed by atoms with Gasteiger partial charge in [0, 0.05) is 56.4 Å². The second kappa shape index (κ2) is 7.08. The van der Waals surface area contributed by atoms with Crippen LogP contribution in [0.4, 0.5) is 11.4 Å². The number of benzene rings is 1. The summed E-state index contributed by atoms with van der Waals surface area (Å²) in [4.78, 5) is 33.0. The van der Waals surface area contributed by atoms with E-state index in [9.17, 15) is 9.59 Å². The quantitative estimate of drug-likeness (QED) is 0.706. The fraction of sp³-hybridized carbons (Fsp3) is 0.286. The van der Waals surface area contributed by atoms with E-state index < -0.39 is 0 Å². The van der Waals surface area contributed by atoms with E-state index >= 15 is 0 Å². The van der Waals surface area contributed by atoms with Crippen LogP contribution in [0.25, 0.3) is 5.65 Å². The minimum absolute atomic E-state index is 0.0578. The number of fused-ring (bicyclic) bond motifs is 2. The smallest absolute Gasteiger partial charge is 0.274 e. The Balaban J connectivity index is 1.27. The predicted molar refractivity (Wildman–Crippen MR) is 112 cm³/mol. The molecule has 1 N–H and O–H groups in total. The van der Waals surface area contributed by atoms with Gasteiger partial charge in [0.05, 0.1) is 5.02 Å². The lowest BCUT2D eigenvalue weighted by molar-refractivity contribution is -0.116. The molecule has 1 aromatic carbocycles. The van der Waals surface area contributed by atoms with Crippen LogP contribution in [0.1, 0.15) is 22.5 Å². The van der Waals surface area contributed by atoms with Crippen LogP contribution in [0.5, 0.6) is 0 Å². The Morgan fingerprint density at radius 3 is 2.69 bits per heavy atom. The number of nitrogens with one attached hydrogen (secondary N) is 1. The number of aromatic nitrogens is 2. The lowest BCUT2D eigenvalue weighted by Crippen LogP contribution is -2.49. The molecule has 0 unspecified atom stereocenters. The van der Waals surface area contributed by atoms with Crippen molar-refractivity contribution in [1.29, 1.82) is 0 Å². The number of rotatable bonds is 2. The Bertz CT molecular complexity index is 1120. The van der Waals surface area contributed by atoms with E-state index in [0.29, 0.717) is 35.9 Å². The van der Waals surface area contributed by atoms with Gasteiger partial charge in [-0.3, -0.25) is 9.59 Å². The number of halogens is 1. The number of carbonyl (C=O) groups is 2. The van der Waals surface area contributed by atoms with Crippen LogP contribution in [-0.2, 0) is 11.2 Å². The molecule has 0 saturated carbocycles. The van der Waals surface area contributed by atoms with Crippen molar-refractivity contribution in [3.8, 4) is 0 Å². The van der Waals surface area contributed by atoms with Crippen molar-refractivity contribution in [2.75, 3.05) is 36.4 Å². The Labute approximate surface area is 172 Å². The topological polar surface area (TPSA) is 70.0 Å². The average molecular weight is 410 g/mol. The first-order chi connectivity index (χ1) is 14.1. The van der Waals surface area contributed by atoms with E-state index in [1.165, 1.54) is 5.56 Å². The molecule has 29 heavy (non-hydrogen) atoms. The minimum atomic E-state index is -0.0578. The van der Waals surface area contributed by atoms with Crippen molar-refractivity contribution >= 4 is 40.4 Å². The highest BCUT2D eigenvalue weighted by Crippen LogP contribution is 2.28. The number of nitrogens with zero attached hydrogens (tertiary/aromatic N) is 4. The van der Waals surface area contributed by atoms with E-state index in [1.807, 2.05) is 17.0 Å². The number of piperazine rings is 1. The second-order valence-electron chi connectivity index (χ2n) is 7.41. The van der Waals surface area contributed by atoms with E-state index in [-0.39, 0.29) is 11.8 Å². The lowest BCUT2D eigenvalue weighted by Gasteiger charge is -2.36. The number of imidazole rings is 1. The summed E-state index contributed by atoms with van der Waals surface area (Å²) in [7, 11) is 0. The fourth-order valence-corrected chi connectivity index (χ4v) is 4.13. The van der Waals surface area contributed by atoms with Crippen LogP contribution >= 0.6 is 11.6 Å². The average Bonchev–Trinajstić information content (AvgIpc) is 3.16. The molecule has 0 atom stereocenters. The molecule has 0 radical (unpaired) electrons. The first-order valence-corrected chi connectivity index (χ1v) is 10.1. The van der Waals surface area contributed by atoms with Crippen molar-refractivity contribution < 1.29 is 9.59 Å². The van der Waals surface area contributed by atoms with Gasteiger partial charge in [0.2, 0.25) is 5.91 Å². The van der Waals surface area contributed by atoms with Gasteiger partial charge in [0.25, 0.3) is 5.91 Å². The maximum atomic E-state index is 12.9. The van der Waals surface area contributed by atoms with Gasteiger partial charge in [-0.25, -0.2) is 4.98 Å². The first-order valence-electron chi connectivity index (χ1n) is 9.68. The number of pyridine rings is 1. The number of anilines is 2. The Morgan fingerprint density at radius 1 is 1.03 bits per heavy atom. The molecule has 4 heterocycles. The van der Waals surface area contributed by atoms with Gasteiger partial charge in [0.1, 0.15) is 11.3 Å². The van der Waals surface area contributed by atoms with Crippen LogP contribution in [0.15, 0.2) is 42.7 Å². The second-order valence-corrected chi connectivity index (χ2v) is 7.84. The molecule has 3 aromatic rings. The monoisotopic (exact) mass is 409 g/mol. The van der Waals surface area contributed by atoms with E-state index in [2.05, 4.69) is 21.3 Å². The van der Waals surface area contributed by atoms with Gasteiger partial charge < -0.3 is 19.5 Å². The van der Waals surface area contributed by atoms with E-state index in [1.54, 1.807) is 28.9 Å². The molecular weight excluding hydrogens is 390 g/mol. The molecule has 0 spiro atoms. The number of hydrogen-bond donors (Lipinski definition) is 1. The highest BCUT2D eigenvalue weighted by Gasteiger charge is 2.25. The zero-order valence-corrected chi connectivity index (χ0v) is 16.5. The Kier molecular flexibility index (Phi) is 4.39. The number of hydrogen-bond acceptors (Lipinski definition) is 4. The number of carbonyl (C=O) groups excluding carboxylic acids is 2. The molecule has 2 amide bonds. The minimum Gasteiger partial charge on any atom is -0.368 e. The molecular formula is C21H20ClN5O2. The van der Waals surface area contributed by atoms with E-state index in [4.69, 9.17) is 11.6 Å². The largest absolute Gasteiger partial charge is 0.368 e. The Hall–Kier alpha value is -3.06. The number of amides is 2. The zero-order valence-electron chi connectivity index (χ0n) is 15.8. The third-order valence-electron chi connectivity index (χ3n) is 5.55. The third kappa shape index (κ3) is 3.42. The Morgan fingerprint density at radius 2 is 1.86 bits per heavy atom. The normalized spacial score (nSPS) is 16.7. The molecule has 2 aliphatic rings. The third-order valence-corrected chi connectivity index (χ3v) is 5.77. The summed E-state index contributed by atoms with van der Waals surface area (Å²) < 4.78 is 1.78. The van der Waals surface area contributed by atoms with Gasteiger partial charge in [-0.2, -0.15) is 0 Å². The van der Waals surface area contributed by atoms with Crippen LogP contribution in [-0.4, -0.2) is 52.3 Å². The summed E-state index contributed by atoms with van der Waals surface area (Å²) in [5, 5.41) is 3.52. The van der Waals surface area contributed by atoms with Gasteiger partial charge in [-0.15, -0.1) is 0 Å². The molecule has 1 fully saturated rings. The van der Waals surface area contributed by atoms with Crippen LogP contribution in [0, 0.1) is 0 Å². The maximum absolute atomic E-state index is 12.9. The molecule has 8 heteroatoms. The predicted octanol–water partition coefficient (Wildman–Crippen LogP) is 2.83. The summed E-state index contributed by atoms with van der Waals surface area (Å²) in [6.45, 7) is 2.80. The van der Waals surface area contributed by atoms with Crippen molar-refractivity contribution in [2.24, 2.45) is 0 Å². The van der Waals surface area contributed by atoms with Crippen molar-refractivity contribution in [2.45, 2.75) is 12.8 Å².